The van der Waals surface area contributed by atoms with Crippen molar-refractivity contribution in [2.45, 2.75) is 43.2 Å². The summed E-state index contributed by atoms with van der Waals surface area (Å²) in [5.41, 5.74) is 3.58. The number of nitrogens with zero attached hydrogens (tertiary/aromatic N) is 2. The highest BCUT2D eigenvalue weighted by Crippen LogP contribution is 2.38. The highest BCUT2D eigenvalue weighted by Gasteiger charge is 2.47. The van der Waals surface area contributed by atoms with Crippen molar-refractivity contribution >= 4 is 40.6 Å². The van der Waals surface area contributed by atoms with Crippen molar-refractivity contribution in [2.75, 3.05) is 37.6 Å². The number of aryl methyl sites for hydroxylation is 1. The Bertz CT molecular complexity index is 1320. The van der Waals surface area contributed by atoms with Crippen molar-refractivity contribution in [3.05, 3.63) is 51.8 Å². The smallest absolute Gasteiger partial charge is 0.203 e. The summed E-state index contributed by atoms with van der Waals surface area (Å²) >= 11 is 6.54. The number of pyridine rings is 1. The van der Waals surface area contributed by atoms with Gasteiger partial charge in [-0.15, -0.1) is 0 Å². The van der Waals surface area contributed by atoms with Gasteiger partial charge in [0, 0.05) is 12.7 Å². The molecule has 2 saturated heterocycles. The molecule has 3 aliphatic rings. The molecule has 0 radical (unpaired) electrons. The van der Waals surface area contributed by atoms with Crippen LogP contribution in [0.3, 0.4) is 0 Å². The molecule has 9 nitrogen and oxygen atoms in total. The number of hydrogen-bond donors (Lipinski definition) is 4. The second kappa shape index (κ2) is 9.60. The molecule has 36 heavy (non-hydrogen) atoms. The van der Waals surface area contributed by atoms with Crippen LogP contribution in [0.2, 0.25) is 5.02 Å². The third-order valence-electron chi connectivity index (χ3n) is 6.95. The summed E-state index contributed by atoms with van der Waals surface area (Å²) in [6, 6.07) is 4.92. The number of halogens is 2. The summed E-state index contributed by atoms with van der Waals surface area (Å²) < 4.78 is 31.4. The number of nitrogens with one attached hydrogen (secondary N) is 3. The van der Waals surface area contributed by atoms with Crippen LogP contribution in [0.25, 0.3) is 17.2 Å². The van der Waals surface area contributed by atoms with Gasteiger partial charge in [-0.05, 0) is 36.1 Å². The SMILES string of the molecule is COC/C=C/c1cc(F)c2c(c1)CCC2Nc1nc2nc(N[C@@H]3COC4C3OC[C@H]4O)[nH]c2cc1Cl. The summed E-state index contributed by atoms with van der Waals surface area (Å²) in [5, 5.41) is 17.0. The number of benzene rings is 1. The number of aromatic amines is 1. The molecular formula is C25H27ClFN5O4. The summed E-state index contributed by atoms with van der Waals surface area (Å²) in [4.78, 5) is 12.3. The Morgan fingerprint density at radius 1 is 1.22 bits per heavy atom. The van der Waals surface area contributed by atoms with E-state index in [1.165, 1.54) is 0 Å². The van der Waals surface area contributed by atoms with Gasteiger partial charge in [0.25, 0.3) is 0 Å². The molecule has 0 amide bonds. The van der Waals surface area contributed by atoms with Gasteiger partial charge in [0.2, 0.25) is 5.95 Å². The maximum Gasteiger partial charge on any atom is 0.203 e. The molecule has 0 bridgehead atoms. The average molecular weight is 516 g/mol. The van der Waals surface area contributed by atoms with Gasteiger partial charge in [0.1, 0.15) is 29.9 Å². The van der Waals surface area contributed by atoms with E-state index in [2.05, 4.69) is 25.6 Å². The van der Waals surface area contributed by atoms with Crippen molar-refractivity contribution in [2.24, 2.45) is 0 Å². The average Bonchev–Trinajstić information content (AvgIpc) is 3.61. The van der Waals surface area contributed by atoms with Gasteiger partial charge in [-0.25, -0.2) is 9.37 Å². The molecule has 4 heterocycles. The molecule has 1 aromatic carbocycles. The molecule has 2 fully saturated rings. The molecule has 4 N–H and O–H groups in total. The topological polar surface area (TPSA) is 114 Å². The van der Waals surface area contributed by atoms with E-state index in [-0.39, 0.29) is 36.7 Å². The molecule has 6 rings (SSSR count). The normalized spacial score (nSPS) is 27.2. The Morgan fingerprint density at radius 3 is 2.94 bits per heavy atom. The standard InChI is InChI=1S/C25H27ClFN5O4/c1-34-6-2-3-12-7-13-4-5-16(20(13)15(27)8-12)28-23-14(26)9-17-24(31-23)32-25(29-17)30-18-10-35-22-19(33)11-36-21(18)22/h2-3,7-9,16,18-19,21-22,33H,4-6,10-11H2,1H3,(H3,28,29,30,31,32)/b3-2+/t16?,18-,19-,21?,22?/m1/s1. The molecular weight excluding hydrogens is 489 g/mol. The van der Waals surface area contributed by atoms with Gasteiger partial charge in [-0.3, -0.25) is 0 Å². The summed E-state index contributed by atoms with van der Waals surface area (Å²) in [7, 11) is 1.62. The zero-order valence-electron chi connectivity index (χ0n) is 19.6. The molecule has 2 aromatic heterocycles. The minimum atomic E-state index is -0.615. The predicted octanol–water partition coefficient (Wildman–Crippen LogP) is 3.45. The first-order valence-corrected chi connectivity index (χ1v) is 12.4. The van der Waals surface area contributed by atoms with E-state index in [1.807, 2.05) is 18.2 Å². The number of methoxy groups -OCH3 is 1. The van der Waals surface area contributed by atoms with Crippen molar-refractivity contribution in [3.8, 4) is 0 Å². The van der Waals surface area contributed by atoms with Crippen molar-refractivity contribution in [1.82, 2.24) is 15.0 Å². The van der Waals surface area contributed by atoms with E-state index < -0.39 is 6.10 Å². The molecule has 1 aliphatic carbocycles. The minimum absolute atomic E-state index is 0.145. The maximum atomic E-state index is 15.1. The summed E-state index contributed by atoms with van der Waals surface area (Å²) in [6.45, 7) is 1.14. The molecule has 0 saturated carbocycles. The van der Waals surface area contributed by atoms with Crippen LogP contribution in [0.4, 0.5) is 16.2 Å². The van der Waals surface area contributed by atoms with Crippen molar-refractivity contribution in [3.63, 3.8) is 0 Å². The van der Waals surface area contributed by atoms with Gasteiger partial charge in [0.15, 0.2) is 5.65 Å². The van der Waals surface area contributed by atoms with Crippen LogP contribution in [0.5, 0.6) is 0 Å². The fraction of sp³-hybridized carbons (Fsp3) is 0.440. The molecule has 5 atom stereocenters. The first-order chi connectivity index (χ1) is 17.5. The van der Waals surface area contributed by atoms with Gasteiger partial charge in [0.05, 0.1) is 42.4 Å². The van der Waals surface area contributed by atoms with E-state index >= 15 is 4.39 Å². The minimum Gasteiger partial charge on any atom is -0.388 e. The number of imidazole rings is 1. The zero-order valence-corrected chi connectivity index (χ0v) is 20.4. The Hall–Kier alpha value is -2.76. The predicted molar refractivity (Wildman–Crippen MR) is 134 cm³/mol. The first kappa shape index (κ1) is 23.6. The lowest BCUT2D eigenvalue weighted by Crippen LogP contribution is -2.36. The number of aliphatic hydroxyl groups is 1. The fourth-order valence-corrected chi connectivity index (χ4v) is 5.50. The van der Waals surface area contributed by atoms with Crippen LogP contribution in [-0.2, 0) is 20.6 Å². The Labute approximate surface area is 212 Å². The molecule has 190 valence electrons. The quantitative estimate of drug-likeness (QED) is 0.378. The number of aliphatic hydroxyl groups excluding tert-OH is 1. The lowest BCUT2D eigenvalue weighted by atomic mass is 10.0. The van der Waals surface area contributed by atoms with Gasteiger partial charge in [-0.1, -0.05) is 29.8 Å². The van der Waals surface area contributed by atoms with Crippen LogP contribution >= 0.6 is 11.6 Å². The van der Waals surface area contributed by atoms with Gasteiger partial charge in [-0.2, -0.15) is 4.98 Å². The van der Waals surface area contributed by atoms with Crippen LogP contribution in [-0.4, -0.2) is 71.3 Å². The number of aromatic nitrogens is 3. The Kier molecular flexibility index (Phi) is 6.30. The highest BCUT2D eigenvalue weighted by atomic mass is 35.5. The number of ether oxygens (including phenoxy) is 3. The number of fused-ring (bicyclic) bond motifs is 3. The summed E-state index contributed by atoms with van der Waals surface area (Å²) in [6.07, 6.45) is 4.03. The van der Waals surface area contributed by atoms with E-state index in [4.69, 9.17) is 25.8 Å². The third kappa shape index (κ3) is 4.33. The Balaban J connectivity index is 1.20. The second-order valence-corrected chi connectivity index (χ2v) is 9.77. The number of rotatable bonds is 7. The molecule has 0 spiro atoms. The lowest BCUT2D eigenvalue weighted by molar-refractivity contribution is 0.0184. The van der Waals surface area contributed by atoms with E-state index in [0.29, 0.717) is 46.7 Å². The van der Waals surface area contributed by atoms with Crippen LogP contribution in [0.15, 0.2) is 24.3 Å². The molecule has 2 aliphatic heterocycles. The van der Waals surface area contributed by atoms with E-state index in [9.17, 15) is 5.11 Å². The van der Waals surface area contributed by atoms with E-state index in [0.717, 1.165) is 24.0 Å². The van der Waals surface area contributed by atoms with Crippen molar-refractivity contribution < 1.29 is 23.7 Å². The van der Waals surface area contributed by atoms with Crippen molar-refractivity contribution in [1.29, 1.82) is 0 Å². The molecule has 11 heteroatoms. The number of H-pyrrole nitrogens is 1. The van der Waals surface area contributed by atoms with E-state index in [1.54, 1.807) is 19.2 Å². The maximum absolute atomic E-state index is 15.1. The largest absolute Gasteiger partial charge is 0.388 e. The third-order valence-corrected chi connectivity index (χ3v) is 7.24. The van der Waals surface area contributed by atoms with Gasteiger partial charge < -0.3 is 34.9 Å². The highest BCUT2D eigenvalue weighted by molar-refractivity contribution is 6.33. The molecule has 3 unspecified atom stereocenters. The Morgan fingerprint density at radius 2 is 2.08 bits per heavy atom. The second-order valence-electron chi connectivity index (χ2n) is 9.36. The summed E-state index contributed by atoms with van der Waals surface area (Å²) in [5.74, 6) is 0.714. The van der Waals surface area contributed by atoms with Crippen LogP contribution in [0, 0.1) is 5.82 Å². The van der Waals surface area contributed by atoms with Crippen LogP contribution < -0.4 is 10.6 Å². The zero-order chi connectivity index (χ0) is 24.8. The number of hydrogen-bond acceptors (Lipinski definition) is 8. The fourth-order valence-electron chi connectivity index (χ4n) is 5.29. The molecule has 3 aromatic rings. The monoisotopic (exact) mass is 515 g/mol. The van der Waals surface area contributed by atoms with Gasteiger partial charge >= 0.3 is 0 Å². The number of anilines is 2. The lowest BCUT2D eigenvalue weighted by Gasteiger charge is -2.16. The van der Waals surface area contributed by atoms with Crippen LogP contribution in [0.1, 0.15) is 29.2 Å². The first-order valence-electron chi connectivity index (χ1n) is 12.0.